The standard InChI is InChI=1S/C12H14N4/c1-4-6-10(3)13-12-14-11-9(2)7-5-8-16(11)15-12/h1,5,7-8,10H,6H2,2-3H3,(H,13,15). The number of anilines is 1. The summed E-state index contributed by atoms with van der Waals surface area (Å²) in [5.41, 5.74) is 1.98. The van der Waals surface area contributed by atoms with Gasteiger partial charge in [-0.3, -0.25) is 0 Å². The van der Waals surface area contributed by atoms with Gasteiger partial charge in [-0.1, -0.05) is 6.07 Å². The molecule has 0 amide bonds. The number of terminal acetylenes is 1. The third-order valence-electron chi connectivity index (χ3n) is 2.36. The molecule has 0 spiro atoms. The van der Waals surface area contributed by atoms with Crippen molar-refractivity contribution in [1.29, 1.82) is 0 Å². The number of nitrogens with one attached hydrogen (secondary N) is 1. The highest BCUT2D eigenvalue weighted by Crippen LogP contribution is 2.10. The summed E-state index contributed by atoms with van der Waals surface area (Å²) in [5.74, 6) is 3.23. The molecule has 0 aromatic carbocycles. The van der Waals surface area contributed by atoms with Gasteiger partial charge in [0, 0.05) is 18.7 Å². The zero-order valence-corrected chi connectivity index (χ0v) is 9.44. The number of hydrogen-bond donors (Lipinski definition) is 1. The van der Waals surface area contributed by atoms with E-state index in [9.17, 15) is 0 Å². The Morgan fingerprint density at radius 2 is 2.44 bits per heavy atom. The molecule has 1 unspecified atom stereocenters. The first-order valence-electron chi connectivity index (χ1n) is 5.22. The van der Waals surface area contributed by atoms with Crippen molar-refractivity contribution in [3.8, 4) is 12.3 Å². The molecule has 2 heterocycles. The number of aromatic nitrogens is 3. The van der Waals surface area contributed by atoms with Crippen LogP contribution in [0.5, 0.6) is 0 Å². The minimum Gasteiger partial charge on any atom is -0.350 e. The van der Waals surface area contributed by atoms with Gasteiger partial charge in [0.25, 0.3) is 0 Å². The van der Waals surface area contributed by atoms with E-state index >= 15 is 0 Å². The molecular weight excluding hydrogens is 200 g/mol. The Hall–Kier alpha value is -2.02. The molecule has 0 aliphatic rings. The summed E-state index contributed by atoms with van der Waals surface area (Å²) in [7, 11) is 0. The molecule has 1 N–H and O–H groups in total. The third-order valence-corrected chi connectivity index (χ3v) is 2.36. The lowest BCUT2D eigenvalue weighted by atomic mass is 10.2. The molecule has 0 saturated carbocycles. The molecule has 0 aliphatic heterocycles. The quantitative estimate of drug-likeness (QED) is 0.793. The SMILES string of the molecule is C#CCC(C)Nc1nc2c(C)cccn2n1. The molecule has 0 aliphatic carbocycles. The fourth-order valence-corrected chi connectivity index (χ4v) is 1.55. The van der Waals surface area contributed by atoms with Crippen LogP contribution in [-0.4, -0.2) is 20.6 Å². The predicted octanol–water partition coefficient (Wildman–Crippen LogP) is 1.86. The lowest BCUT2D eigenvalue weighted by molar-refractivity contribution is 0.808. The van der Waals surface area contributed by atoms with Crippen molar-refractivity contribution in [2.24, 2.45) is 0 Å². The molecule has 16 heavy (non-hydrogen) atoms. The van der Waals surface area contributed by atoms with Crippen molar-refractivity contribution in [2.45, 2.75) is 26.3 Å². The summed E-state index contributed by atoms with van der Waals surface area (Å²) in [5, 5.41) is 7.50. The van der Waals surface area contributed by atoms with Gasteiger partial charge in [-0.25, -0.2) is 4.52 Å². The van der Waals surface area contributed by atoms with Crippen LogP contribution < -0.4 is 5.32 Å². The van der Waals surface area contributed by atoms with Gasteiger partial charge in [0.15, 0.2) is 5.65 Å². The molecule has 0 fully saturated rings. The van der Waals surface area contributed by atoms with Crippen LogP contribution in [0, 0.1) is 19.3 Å². The van der Waals surface area contributed by atoms with E-state index in [0.717, 1.165) is 11.2 Å². The van der Waals surface area contributed by atoms with Crippen LogP contribution in [0.15, 0.2) is 18.3 Å². The van der Waals surface area contributed by atoms with Gasteiger partial charge in [0.2, 0.25) is 5.95 Å². The fourth-order valence-electron chi connectivity index (χ4n) is 1.55. The minimum absolute atomic E-state index is 0.183. The van der Waals surface area contributed by atoms with Crippen molar-refractivity contribution in [3.63, 3.8) is 0 Å². The number of pyridine rings is 1. The Kier molecular flexibility index (Phi) is 2.78. The van der Waals surface area contributed by atoms with Crippen molar-refractivity contribution < 1.29 is 0 Å². The first-order chi connectivity index (χ1) is 7.70. The van der Waals surface area contributed by atoms with Crippen molar-refractivity contribution >= 4 is 11.6 Å². The molecule has 1 atom stereocenters. The highest BCUT2D eigenvalue weighted by atomic mass is 15.3. The normalized spacial score (nSPS) is 12.3. The van der Waals surface area contributed by atoms with Gasteiger partial charge in [-0.15, -0.1) is 17.4 Å². The zero-order chi connectivity index (χ0) is 11.5. The number of aryl methyl sites for hydroxylation is 1. The molecule has 4 heteroatoms. The summed E-state index contributed by atoms with van der Waals surface area (Å²) in [4.78, 5) is 4.41. The van der Waals surface area contributed by atoms with Crippen LogP contribution in [0.2, 0.25) is 0 Å². The zero-order valence-electron chi connectivity index (χ0n) is 9.44. The largest absolute Gasteiger partial charge is 0.350 e. The molecule has 0 bridgehead atoms. The Bertz CT molecular complexity index is 535. The Balaban J connectivity index is 2.27. The second-order valence-electron chi connectivity index (χ2n) is 3.85. The smallest absolute Gasteiger partial charge is 0.243 e. The summed E-state index contributed by atoms with van der Waals surface area (Å²) < 4.78 is 1.76. The van der Waals surface area contributed by atoms with Gasteiger partial charge >= 0.3 is 0 Å². The maximum atomic E-state index is 5.25. The molecule has 2 aromatic rings. The van der Waals surface area contributed by atoms with Crippen LogP contribution in [-0.2, 0) is 0 Å². The predicted molar refractivity (Wildman–Crippen MR) is 64.3 cm³/mol. The Morgan fingerprint density at radius 3 is 3.12 bits per heavy atom. The molecular formula is C12H14N4. The van der Waals surface area contributed by atoms with E-state index in [1.807, 2.05) is 32.2 Å². The fraction of sp³-hybridized carbons (Fsp3) is 0.333. The van der Waals surface area contributed by atoms with Gasteiger partial charge < -0.3 is 5.32 Å². The van der Waals surface area contributed by atoms with Crippen LogP contribution in [0.1, 0.15) is 18.9 Å². The van der Waals surface area contributed by atoms with Gasteiger partial charge in [-0.05, 0) is 25.5 Å². The maximum Gasteiger partial charge on any atom is 0.243 e. The molecule has 2 aromatic heterocycles. The topological polar surface area (TPSA) is 42.2 Å². The van der Waals surface area contributed by atoms with E-state index in [-0.39, 0.29) is 6.04 Å². The van der Waals surface area contributed by atoms with E-state index in [2.05, 4.69) is 21.3 Å². The summed E-state index contributed by atoms with van der Waals surface area (Å²) in [6.07, 6.45) is 7.79. The van der Waals surface area contributed by atoms with Crippen LogP contribution >= 0.6 is 0 Å². The van der Waals surface area contributed by atoms with E-state index in [0.29, 0.717) is 12.4 Å². The van der Waals surface area contributed by atoms with Crippen molar-refractivity contribution in [2.75, 3.05) is 5.32 Å². The van der Waals surface area contributed by atoms with E-state index in [1.54, 1.807) is 4.52 Å². The summed E-state index contributed by atoms with van der Waals surface area (Å²) >= 11 is 0. The van der Waals surface area contributed by atoms with Crippen LogP contribution in [0.25, 0.3) is 5.65 Å². The summed E-state index contributed by atoms with van der Waals surface area (Å²) in [6.45, 7) is 4.02. The van der Waals surface area contributed by atoms with Gasteiger partial charge in [0.1, 0.15) is 0 Å². The monoisotopic (exact) mass is 214 g/mol. The van der Waals surface area contributed by atoms with Gasteiger partial charge in [0.05, 0.1) is 0 Å². The number of hydrogen-bond acceptors (Lipinski definition) is 3. The van der Waals surface area contributed by atoms with Gasteiger partial charge in [-0.2, -0.15) is 4.98 Å². The first kappa shape index (κ1) is 10.5. The molecule has 2 rings (SSSR count). The van der Waals surface area contributed by atoms with Crippen molar-refractivity contribution in [1.82, 2.24) is 14.6 Å². The number of fused-ring (bicyclic) bond motifs is 1. The maximum absolute atomic E-state index is 5.25. The molecule has 0 saturated heterocycles. The second-order valence-corrected chi connectivity index (χ2v) is 3.85. The molecule has 0 radical (unpaired) electrons. The average molecular weight is 214 g/mol. The molecule has 82 valence electrons. The lowest BCUT2D eigenvalue weighted by Crippen LogP contribution is -2.15. The number of nitrogens with zero attached hydrogens (tertiary/aromatic N) is 3. The van der Waals surface area contributed by atoms with E-state index in [4.69, 9.17) is 6.42 Å². The van der Waals surface area contributed by atoms with Crippen molar-refractivity contribution in [3.05, 3.63) is 23.9 Å². The van der Waals surface area contributed by atoms with Crippen LogP contribution in [0.4, 0.5) is 5.95 Å². The second kappa shape index (κ2) is 4.23. The summed E-state index contributed by atoms with van der Waals surface area (Å²) in [6, 6.07) is 4.15. The van der Waals surface area contributed by atoms with E-state index in [1.165, 1.54) is 0 Å². The lowest BCUT2D eigenvalue weighted by Gasteiger charge is -2.06. The Morgan fingerprint density at radius 1 is 1.62 bits per heavy atom. The van der Waals surface area contributed by atoms with Crippen LogP contribution in [0.3, 0.4) is 0 Å². The average Bonchev–Trinajstić information content (AvgIpc) is 2.62. The highest BCUT2D eigenvalue weighted by Gasteiger charge is 2.07. The van der Waals surface area contributed by atoms with E-state index < -0.39 is 0 Å². The first-order valence-corrected chi connectivity index (χ1v) is 5.22. The minimum atomic E-state index is 0.183. The third kappa shape index (κ3) is 1.98. The Labute approximate surface area is 94.7 Å². The molecule has 4 nitrogen and oxygen atoms in total. The highest BCUT2D eigenvalue weighted by molar-refractivity contribution is 5.49. The number of rotatable bonds is 3.